The van der Waals surface area contributed by atoms with Crippen molar-refractivity contribution in [3.8, 4) is 11.3 Å². The largest absolute Gasteiger partial charge is 0.386 e. The Labute approximate surface area is 124 Å². The van der Waals surface area contributed by atoms with E-state index in [4.69, 9.17) is 0 Å². The molecule has 1 aromatic heterocycles. The van der Waals surface area contributed by atoms with Crippen LogP contribution in [0.15, 0.2) is 35.1 Å². The molecular formula is C18H21NO2. The fraction of sp³-hybridized carbons (Fsp3) is 0.389. The zero-order valence-corrected chi connectivity index (χ0v) is 12.6. The number of aryl methyl sites for hydroxylation is 2. The van der Waals surface area contributed by atoms with Crippen LogP contribution in [-0.4, -0.2) is 10.1 Å². The summed E-state index contributed by atoms with van der Waals surface area (Å²) in [6, 6.07) is 10.0. The lowest BCUT2D eigenvalue weighted by Crippen LogP contribution is -2.26. The number of rotatable bonds is 2. The summed E-state index contributed by atoms with van der Waals surface area (Å²) in [6.07, 6.45) is 4.78. The SMILES string of the molecule is CC(C)(O)c1ccc(-c2ccc3c(c2)CCCC3)[nH]c1=O. The molecule has 0 spiro atoms. The van der Waals surface area contributed by atoms with Gasteiger partial charge >= 0.3 is 0 Å². The summed E-state index contributed by atoms with van der Waals surface area (Å²) < 4.78 is 0. The van der Waals surface area contributed by atoms with Gasteiger partial charge in [0.05, 0.1) is 5.60 Å². The second-order valence-electron chi connectivity index (χ2n) is 6.36. The Bertz CT molecular complexity index is 723. The molecule has 0 aliphatic heterocycles. The van der Waals surface area contributed by atoms with Gasteiger partial charge in [0, 0.05) is 11.3 Å². The first-order valence-electron chi connectivity index (χ1n) is 7.53. The van der Waals surface area contributed by atoms with Crippen LogP contribution in [0.2, 0.25) is 0 Å². The number of hydrogen-bond donors (Lipinski definition) is 2. The van der Waals surface area contributed by atoms with Crippen LogP contribution >= 0.6 is 0 Å². The van der Waals surface area contributed by atoms with Gasteiger partial charge in [0.2, 0.25) is 0 Å². The summed E-state index contributed by atoms with van der Waals surface area (Å²) in [6.45, 7) is 3.24. The lowest BCUT2D eigenvalue weighted by atomic mass is 9.89. The van der Waals surface area contributed by atoms with Crippen molar-refractivity contribution >= 4 is 0 Å². The molecule has 2 N–H and O–H groups in total. The van der Waals surface area contributed by atoms with Crippen molar-refractivity contribution in [2.24, 2.45) is 0 Å². The average Bonchev–Trinajstić information content (AvgIpc) is 2.45. The lowest BCUT2D eigenvalue weighted by molar-refractivity contribution is 0.0771. The van der Waals surface area contributed by atoms with Crippen molar-refractivity contribution in [3.63, 3.8) is 0 Å². The maximum atomic E-state index is 12.1. The van der Waals surface area contributed by atoms with Crippen molar-refractivity contribution in [3.05, 3.63) is 57.4 Å². The molecule has 0 atom stereocenters. The highest BCUT2D eigenvalue weighted by molar-refractivity contribution is 5.61. The van der Waals surface area contributed by atoms with E-state index in [2.05, 4.69) is 23.2 Å². The predicted molar refractivity (Wildman–Crippen MR) is 84.4 cm³/mol. The van der Waals surface area contributed by atoms with Crippen molar-refractivity contribution < 1.29 is 5.11 Å². The van der Waals surface area contributed by atoms with Gasteiger partial charge < -0.3 is 10.1 Å². The van der Waals surface area contributed by atoms with E-state index in [9.17, 15) is 9.90 Å². The monoisotopic (exact) mass is 283 g/mol. The molecule has 1 aliphatic carbocycles. The molecule has 0 bridgehead atoms. The average molecular weight is 283 g/mol. The zero-order valence-electron chi connectivity index (χ0n) is 12.6. The molecule has 0 amide bonds. The molecule has 1 aromatic carbocycles. The third kappa shape index (κ3) is 2.79. The number of nitrogens with one attached hydrogen (secondary N) is 1. The Morgan fingerprint density at radius 3 is 2.43 bits per heavy atom. The summed E-state index contributed by atoms with van der Waals surface area (Å²) in [5, 5.41) is 9.97. The van der Waals surface area contributed by atoms with E-state index < -0.39 is 5.60 Å². The number of aromatic amines is 1. The fourth-order valence-electron chi connectivity index (χ4n) is 3.02. The van der Waals surface area contributed by atoms with Gasteiger partial charge in [-0.3, -0.25) is 4.79 Å². The molecule has 0 unspecified atom stereocenters. The molecule has 0 radical (unpaired) electrons. The van der Waals surface area contributed by atoms with Crippen molar-refractivity contribution in [1.82, 2.24) is 4.98 Å². The van der Waals surface area contributed by atoms with Gasteiger partial charge in [-0.1, -0.05) is 12.1 Å². The first kappa shape index (κ1) is 14.1. The first-order valence-corrected chi connectivity index (χ1v) is 7.53. The van der Waals surface area contributed by atoms with E-state index >= 15 is 0 Å². The lowest BCUT2D eigenvalue weighted by Gasteiger charge is -2.18. The van der Waals surface area contributed by atoms with E-state index in [1.807, 2.05) is 6.07 Å². The van der Waals surface area contributed by atoms with Gasteiger partial charge in [0.1, 0.15) is 0 Å². The minimum Gasteiger partial charge on any atom is -0.386 e. The van der Waals surface area contributed by atoms with Crippen LogP contribution in [0, 0.1) is 0 Å². The summed E-state index contributed by atoms with van der Waals surface area (Å²) in [4.78, 5) is 15.0. The van der Waals surface area contributed by atoms with Gasteiger partial charge in [0.15, 0.2) is 0 Å². The molecule has 0 saturated carbocycles. The topological polar surface area (TPSA) is 53.1 Å². The smallest absolute Gasteiger partial charge is 0.254 e. The van der Waals surface area contributed by atoms with Gasteiger partial charge in [-0.25, -0.2) is 0 Å². The zero-order chi connectivity index (χ0) is 15.0. The van der Waals surface area contributed by atoms with Crippen molar-refractivity contribution in [2.45, 2.75) is 45.1 Å². The molecule has 3 heteroatoms. The molecule has 0 saturated heterocycles. The van der Waals surface area contributed by atoms with Crippen LogP contribution in [0.4, 0.5) is 0 Å². The number of H-pyrrole nitrogens is 1. The number of pyridine rings is 1. The van der Waals surface area contributed by atoms with Gasteiger partial charge in [-0.05, 0) is 74.4 Å². The molecule has 3 rings (SSSR count). The Morgan fingerprint density at radius 2 is 1.76 bits per heavy atom. The molecule has 3 nitrogen and oxygen atoms in total. The van der Waals surface area contributed by atoms with Crippen LogP contribution in [0.25, 0.3) is 11.3 Å². The summed E-state index contributed by atoms with van der Waals surface area (Å²) in [7, 11) is 0. The first-order chi connectivity index (χ1) is 9.95. The van der Waals surface area contributed by atoms with Gasteiger partial charge in [0.25, 0.3) is 5.56 Å². The maximum Gasteiger partial charge on any atom is 0.254 e. The molecule has 2 aromatic rings. The maximum absolute atomic E-state index is 12.1. The van der Waals surface area contributed by atoms with Crippen LogP contribution < -0.4 is 5.56 Å². The van der Waals surface area contributed by atoms with Crippen LogP contribution in [0.3, 0.4) is 0 Å². The molecule has 0 fully saturated rings. The van der Waals surface area contributed by atoms with Crippen molar-refractivity contribution in [1.29, 1.82) is 0 Å². The highest BCUT2D eigenvalue weighted by Crippen LogP contribution is 2.26. The van der Waals surface area contributed by atoms with E-state index in [0.29, 0.717) is 5.56 Å². The number of benzene rings is 1. The highest BCUT2D eigenvalue weighted by atomic mass is 16.3. The normalized spacial score (nSPS) is 14.8. The summed E-state index contributed by atoms with van der Waals surface area (Å²) in [5.74, 6) is 0. The van der Waals surface area contributed by atoms with E-state index in [1.54, 1.807) is 19.9 Å². The number of aliphatic hydroxyl groups is 1. The number of fused-ring (bicyclic) bond motifs is 1. The second kappa shape index (κ2) is 5.15. The molecule has 21 heavy (non-hydrogen) atoms. The van der Waals surface area contributed by atoms with Crippen LogP contribution in [-0.2, 0) is 18.4 Å². The Kier molecular flexibility index (Phi) is 3.46. The number of aromatic nitrogens is 1. The quantitative estimate of drug-likeness (QED) is 0.889. The minimum atomic E-state index is -1.12. The summed E-state index contributed by atoms with van der Waals surface area (Å²) >= 11 is 0. The summed E-state index contributed by atoms with van der Waals surface area (Å²) in [5.41, 5.74) is 3.71. The van der Waals surface area contributed by atoms with Crippen LogP contribution in [0.1, 0.15) is 43.4 Å². The van der Waals surface area contributed by atoms with Crippen molar-refractivity contribution in [2.75, 3.05) is 0 Å². The standard InChI is InChI=1S/C18H21NO2/c1-18(2,21)15-9-10-16(19-17(15)20)14-8-7-12-5-3-4-6-13(12)11-14/h7-11,21H,3-6H2,1-2H3,(H,19,20). The highest BCUT2D eigenvalue weighted by Gasteiger charge is 2.20. The second-order valence-corrected chi connectivity index (χ2v) is 6.36. The Balaban J connectivity index is 2.01. The third-order valence-corrected chi connectivity index (χ3v) is 4.23. The Morgan fingerprint density at radius 1 is 1.05 bits per heavy atom. The fourth-order valence-corrected chi connectivity index (χ4v) is 3.02. The minimum absolute atomic E-state index is 0.224. The van der Waals surface area contributed by atoms with E-state index in [1.165, 1.54) is 24.0 Å². The molecule has 110 valence electrons. The van der Waals surface area contributed by atoms with E-state index in [0.717, 1.165) is 24.1 Å². The van der Waals surface area contributed by atoms with Crippen LogP contribution in [0.5, 0.6) is 0 Å². The molecular weight excluding hydrogens is 262 g/mol. The van der Waals surface area contributed by atoms with E-state index in [-0.39, 0.29) is 5.56 Å². The Hall–Kier alpha value is -1.87. The third-order valence-electron chi connectivity index (χ3n) is 4.23. The number of hydrogen-bond acceptors (Lipinski definition) is 2. The molecule has 1 heterocycles. The van der Waals surface area contributed by atoms with Gasteiger partial charge in [-0.2, -0.15) is 0 Å². The van der Waals surface area contributed by atoms with Gasteiger partial charge in [-0.15, -0.1) is 0 Å². The molecule has 1 aliphatic rings. The predicted octanol–water partition coefficient (Wildman–Crippen LogP) is 3.15.